The van der Waals surface area contributed by atoms with Gasteiger partial charge in [0.15, 0.2) is 0 Å². The summed E-state index contributed by atoms with van der Waals surface area (Å²) < 4.78 is 5.29. The van der Waals surface area contributed by atoms with E-state index >= 15 is 0 Å². The Hall–Kier alpha value is -2.04. The largest absolute Gasteiger partial charge is 0.495 e. The highest BCUT2D eigenvalue weighted by molar-refractivity contribution is 5.90. The van der Waals surface area contributed by atoms with Gasteiger partial charge in [0.25, 0.3) is 5.91 Å². The Morgan fingerprint density at radius 2 is 1.77 bits per heavy atom. The number of hydrogen-bond acceptors (Lipinski definition) is 4. The van der Waals surface area contributed by atoms with Gasteiger partial charge in [0.05, 0.1) is 19.3 Å². The highest BCUT2D eigenvalue weighted by atomic mass is 16.5. The summed E-state index contributed by atoms with van der Waals surface area (Å²) in [7, 11) is 1.62. The molecule has 0 saturated heterocycles. The van der Waals surface area contributed by atoms with E-state index in [4.69, 9.17) is 4.74 Å². The summed E-state index contributed by atoms with van der Waals surface area (Å²) in [5.41, 5.74) is 4.95. The number of amides is 1. The van der Waals surface area contributed by atoms with E-state index in [1.165, 1.54) is 38.5 Å². The quantitative estimate of drug-likeness (QED) is 0.602. The van der Waals surface area contributed by atoms with Crippen LogP contribution in [-0.2, 0) is 4.79 Å². The standard InChI is InChI=1S/C21H29N3O2/c1-14(21-10-15-7-16(11-21)9-17(8-15)12-21)23-24-20(25)13-22-18-5-3-4-6-19(18)26-2/h3-6,15-17,22H,7-13H2,1-2H3,(H,24,25)/b23-14-. The lowest BCUT2D eigenvalue weighted by Gasteiger charge is -2.56. The maximum atomic E-state index is 12.2. The fourth-order valence-corrected chi connectivity index (χ4v) is 5.82. The van der Waals surface area contributed by atoms with E-state index in [1.807, 2.05) is 24.3 Å². The molecule has 0 aromatic heterocycles. The van der Waals surface area contributed by atoms with Crippen LogP contribution in [0, 0.1) is 23.2 Å². The maximum absolute atomic E-state index is 12.2. The lowest BCUT2D eigenvalue weighted by Crippen LogP contribution is -2.49. The number of rotatable bonds is 6. The minimum atomic E-state index is -0.125. The molecule has 0 spiro atoms. The predicted molar refractivity (Wildman–Crippen MR) is 103 cm³/mol. The average molecular weight is 355 g/mol. The van der Waals surface area contributed by atoms with Gasteiger partial charge in [-0.3, -0.25) is 4.79 Å². The molecule has 2 N–H and O–H groups in total. The molecule has 5 heteroatoms. The highest BCUT2D eigenvalue weighted by Gasteiger charge is 2.52. The van der Waals surface area contributed by atoms with Crippen LogP contribution in [0.25, 0.3) is 0 Å². The van der Waals surface area contributed by atoms with E-state index in [-0.39, 0.29) is 17.9 Å². The van der Waals surface area contributed by atoms with E-state index in [0.29, 0.717) is 0 Å². The predicted octanol–water partition coefficient (Wildman–Crippen LogP) is 3.82. The number of methoxy groups -OCH3 is 1. The molecule has 1 aromatic carbocycles. The van der Waals surface area contributed by atoms with Crippen molar-refractivity contribution >= 4 is 17.3 Å². The zero-order chi connectivity index (χ0) is 18.1. The molecule has 5 nitrogen and oxygen atoms in total. The minimum Gasteiger partial charge on any atom is -0.495 e. The fourth-order valence-electron chi connectivity index (χ4n) is 5.82. The van der Waals surface area contributed by atoms with Crippen molar-refractivity contribution in [3.8, 4) is 5.75 Å². The summed E-state index contributed by atoms with van der Waals surface area (Å²) in [6.45, 7) is 2.29. The van der Waals surface area contributed by atoms with Crippen LogP contribution < -0.4 is 15.5 Å². The lowest BCUT2D eigenvalue weighted by molar-refractivity contribution is -0.119. The monoisotopic (exact) mass is 355 g/mol. The number of anilines is 1. The van der Waals surface area contributed by atoms with Gasteiger partial charge in [-0.25, -0.2) is 5.43 Å². The van der Waals surface area contributed by atoms with Gasteiger partial charge >= 0.3 is 0 Å². The Morgan fingerprint density at radius 3 is 2.38 bits per heavy atom. The third-order valence-electron chi connectivity index (χ3n) is 6.70. The molecule has 0 heterocycles. The first-order valence-corrected chi connectivity index (χ1v) is 9.78. The summed E-state index contributed by atoms with van der Waals surface area (Å²) in [6.07, 6.45) is 8.06. The first-order valence-electron chi connectivity index (χ1n) is 9.78. The van der Waals surface area contributed by atoms with Gasteiger partial charge in [0.1, 0.15) is 5.75 Å². The Kier molecular flexibility index (Phi) is 4.63. The first kappa shape index (κ1) is 17.4. The van der Waals surface area contributed by atoms with Crippen molar-refractivity contribution in [2.24, 2.45) is 28.3 Å². The average Bonchev–Trinajstić information content (AvgIpc) is 2.63. The van der Waals surface area contributed by atoms with Crippen molar-refractivity contribution in [1.29, 1.82) is 0 Å². The molecule has 0 unspecified atom stereocenters. The molecule has 140 valence electrons. The van der Waals surface area contributed by atoms with Gasteiger partial charge in [-0.15, -0.1) is 0 Å². The smallest absolute Gasteiger partial charge is 0.259 e. The number of ether oxygens (including phenoxy) is 1. The van der Waals surface area contributed by atoms with Crippen molar-refractivity contribution in [3.63, 3.8) is 0 Å². The molecule has 1 aromatic rings. The second kappa shape index (κ2) is 6.93. The minimum absolute atomic E-state index is 0.125. The number of carbonyl (C=O) groups excluding carboxylic acids is 1. The number of nitrogens with zero attached hydrogens (tertiary/aromatic N) is 1. The maximum Gasteiger partial charge on any atom is 0.259 e. The molecule has 5 rings (SSSR count). The molecule has 4 saturated carbocycles. The molecule has 4 aliphatic rings. The first-order chi connectivity index (χ1) is 12.6. The van der Waals surface area contributed by atoms with E-state index < -0.39 is 0 Å². The number of benzene rings is 1. The van der Waals surface area contributed by atoms with Crippen LogP contribution >= 0.6 is 0 Å². The van der Waals surface area contributed by atoms with Crippen molar-refractivity contribution in [2.75, 3.05) is 19.0 Å². The van der Waals surface area contributed by atoms with Crippen molar-refractivity contribution < 1.29 is 9.53 Å². The molecule has 4 aliphatic carbocycles. The number of carbonyl (C=O) groups is 1. The van der Waals surface area contributed by atoms with Crippen molar-refractivity contribution in [2.45, 2.75) is 45.4 Å². The number of hydrazone groups is 1. The van der Waals surface area contributed by atoms with Crippen LogP contribution in [0.4, 0.5) is 5.69 Å². The summed E-state index contributed by atoms with van der Waals surface area (Å²) in [4.78, 5) is 12.2. The van der Waals surface area contributed by atoms with Crippen LogP contribution in [0.2, 0.25) is 0 Å². The van der Waals surface area contributed by atoms with E-state index in [2.05, 4.69) is 22.8 Å². The molecular weight excluding hydrogens is 326 g/mol. The fraction of sp³-hybridized carbons (Fsp3) is 0.619. The molecule has 4 fully saturated rings. The lowest BCUT2D eigenvalue weighted by atomic mass is 9.48. The summed E-state index contributed by atoms with van der Waals surface area (Å²) >= 11 is 0. The summed E-state index contributed by atoms with van der Waals surface area (Å²) in [5, 5.41) is 7.63. The molecule has 26 heavy (non-hydrogen) atoms. The van der Waals surface area contributed by atoms with Crippen molar-refractivity contribution in [1.82, 2.24) is 5.43 Å². The van der Waals surface area contributed by atoms with Crippen LogP contribution in [0.3, 0.4) is 0 Å². The Morgan fingerprint density at radius 1 is 1.15 bits per heavy atom. The van der Waals surface area contributed by atoms with E-state index in [0.717, 1.165) is 34.9 Å². The summed E-state index contributed by atoms with van der Waals surface area (Å²) in [5.74, 6) is 3.26. The zero-order valence-corrected chi connectivity index (χ0v) is 15.8. The van der Waals surface area contributed by atoms with Crippen LogP contribution in [0.1, 0.15) is 45.4 Å². The third kappa shape index (κ3) is 3.31. The third-order valence-corrected chi connectivity index (χ3v) is 6.70. The van der Waals surface area contributed by atoms with E-state index in [9.17, 15) is 4.79 Å². The molecule has 0 radical (unpaired) electrons. The van der Waals surface area contributed by atoms with Gasteiger partial charge in [0.2, 0.25) is 0 Å². The molecule has 0 aliphatic heterocycles. The topological polar surface area (TPSA) is 62.7 Å². The molecule has 1 amide bonds. The molecular formula is C21H29N3O2. The molecule has 4 bridgehead atoms. The Labute approximate surface area is 155 Å². The Bertz CT molecular complexity index is 678. The van der Waals surface area contributed by atoms with Crippen LogP contribution in [0.15, 0.2) is 29.4 Å². The van der Waals surface area contributed by atoms with Gasteiger partial charge in [0, 0.05) is 11.1 Å². The second-order valence-electron chi connectivity index (χ2n) is 8.48. The normalized spacial score (nSPS) is 32.4. The highest BCUT2D eigenvalue weighted by Crippen LogP contribution is 2.60. The number of para-hydroxylation sites is 2. The zero-order valence-electron chi connectivity index (χ0n) is 15.8. The number of hydrogen-bond donors (Lipinski definition) is 2. The van der Waals surface area contributed by atoms with Gasteiger partial charge in [-0.1, -0.05) is 12.1 Å². The van der Waals surface area contributed by atoms with Gasteiger partial charge < -0.3 is 10.1 Å². The second-order valence-corrected chi connectivity index (χ2v) is 8.48. The van der Waals surface area contributed by atoms with Crippen LogP contribution in [-0.4, -0.2) is 25.3 Å². The number of nitrogens with one attached hydrogen (secondary N) is 2. The van der Waals surface area contributed by atoms with Crippen LogP contribution in [0.5, 0.6) is 5.75 Å². The van der Waals surface area contributed by atoms with Gasteiger partial charge in [-0.2, -0.15) is 5.10 Å². The van der Waals surface area contributed by atoms with Gasteiger partial charge in [-0.05, 0) is 75.3 Å². The Balaban J connectivity index is 1.35. The SMILES string of the molecule is COc1ccccc1NCC(=O)N/N=C(/C)C12CC3CC(CC(C3)C1)C2. The molecule has 0 atom stereocenters. The van der Waals surface area contributed by atoms with E-state index in [1.54, 1.807) is 7.11 Å². The summed E-state index contributed by atoms with van der Waals surface area (Å²) in [6, 6.07) is 7.59. The van der Waals surface area contributed by atoms with Crippen molar-refractivity contribution in [3.05, 3.63) is 24.3 Å².